The molecule has 0 spiro atoms. The Morgan fingerprint density at radius 2 is 1.17 bits per heavy atom. The van der Waals surface area contributed by atoms with Crippen LogP contribution >= 0.6 is 0 Å². The summed E-state index contributed by atoms with van der Waals surface area (Å²) in [6.07, 6.45) is 0. The van der Waals surface area contributed by atoms with Crippen LogP contribution in [0.3, 0.4) is 0 Å². The highest BCUT2D eigenvalue weighted by molar-refractivity contribution is 6.01. The molecule has 2 unspecified atom stereocenters. The van der Waals surface area contributed by atoms with Crippen molar-refractivity contribution in [1.29, 1.82) is 0 Å². The molecular formula is C46H53N5O12. The largest absolute Gasteiger partial charge is 0.466 e. The summed E-state index contributed by atoms with van der Waals surface area (Å²) >= 11 is 0. The van der Waals surface area contributed by atoms with Crippen LogP contribution in [0.2, 0.25) is 0 Å². The van der Waals surface area contributed by atoms with Gasteiger partial charge in [-0.1, -0.05) is 74.5 Å². The number of rotatable bonds is 15. The Morgan fingerprint density at radius 3 is 1.71 bits per heavy atom. The van der Waals surface area contributed by atoms with E-state index in [0.717, 1.165) is 5.56 Å². The van der Waals surface area contributed by atoms with E-state index in [-0.39, 0.29) is 58.4 Å². The van der Waals surface area contributed by atoms with Crippen LogP contribution in [0.25, 0.3) is 0 Å². The predicted octanol–water partition coefficient (Wildman–Crippen LogP) is 6.88. The second-order valence-corrected chi connectivity index (χ2v) is 15.3. The molecular weight excluding hydrogens is 815 g/mol. The number of methoxy groups -OCH3 is 2. The van der Waals surface area contributed by atoms with Gasteiger partial charge in [-0.05, 0) is 51.8 Å². The highest BCUT2D eigenvalue weighted by Gasteiger charge is 2.41. The highest BCUT2D eigenvalue weighted by Crippen LogP contribution is 2.43. The number of nitro groups is 2. The molecule has 3 aromatic carbocycles. The standard InChI is InChI=1S/C26H29N3O6.C20H24N2O6/c1-17-22(25(30)34-4)24(20-11-8-12-21(15-20)29(32)33)23(18(2)27-17)26(31)35-14-13-28(3)16-19-9-6-5-7-10-19;1-11(2)10-28-20(24)17-13(4)21-12(3)16(19(23)27-5)18(17)14-8-6-7-9-15(14)22(25)26/h5-12,15,24,27H,13-14,16H2,1-4H3;6-9,11,18,21H,10H2,1-5H3. The van der Waals surface area contributed by atoms with E-state index in [9.17, 15) is 39.4 Å². The van der Waals surface area contributed by atoms with Gasteiger partial charge in [0.1, 0.15) is 6.61 Å². The number of hydrogen-bond acceptors (Lipinski definition) is 15. The van der Waals surface area contributed by atoms with E-state index in [4.69, 9.17) is 18.9 Å². The Labute approximate surface area is 365 Å². The number of ether oxygens (including phenoxy) is 4. The fraction of sp³-hybridized carbons (Fsp3) is 0.348. The molecule has 334 valence electrons. The van der Waals surface area contributed by atoms with Crippen molar-refractivity contribution in [2.24, 2.45) is 5.92 Å². The van der Waals surface area contributed by atoms with Gasteiger partial charge in [-0.2, -0.15) is 0 Å². The van der Waals surface area contributed by atoms with E-state index < -0.39 is 45.6 Å². The number of nitrogens with one attached hydrogen (secondary N) is 2. The Kier molecular flexibility index (Phi) is 17.0. The number of carbonyl (C=O) groups excluding carboxylic acids is 4. The molecule has 0 amide bonds. The van der Waals surface area contributed by atoms with Crippen LogP contribution in [0.5, 0.6) is 0 Å². The summed E-state index contributed by atoms with van der Waals surface area (Å²) in [4.78, 5) is 75.3. The summed E-state index contributed by atoms with van der Waals surface area (Å²) in [5.41, 5.74) is 4.12. The van der Waals surface area contributed by atoms with Gasteiger partial charge in [0.2, 0.25) is 0 Å². The molecule has 2 atom stereocenters. The molecule has 0 saturated heterocycles. The molecule has 2 aliphatic heterocycles. The maximum atomic E-state index is 13.3. The van der Waals surface area contributed by atoms with Crippen molar-refractivity contribution in [2.75, 3.05) is 41.0 Å². The Hall–Kier alpha value is -7.14. The summed E-state index contributed by atoms with van der Waals surface area (Å²) in [5.74, 6) is -4.28. The zero-order valence-corrected chi connectivity index (χ0v) is 36.8. The molecule has 0 fully saturated rings. The molecule has 17 heteroatoms. The van der Waals surface area contributed by atoms with Crippen LogP contribution in [0.4, 0.5) is 11.4 Å². The first kappa shape index (κ1) is 48.5. The molecule has 5 rings (SSSR count). The summed E-state index contributed by atoms with van der Waals surface area (Å²) in [7, 11) is 4.40. The second-order valence-electron chi connectivity index (χ2n) is 15.3. The van der Waals surface area contributed by atoms with Gasteiger partial charge in [-0.3, -0.25) is 25.1 Å². The lowest BCUT2D eigenvalue weighted by Gasteiger charge is -2.30. The van der Waals surface area contributed by atoms with Gasteiger partial charge in [0.25, 0.3) is 11.4 Å². The predicted molar refractivity (Wildman–Crippen MR) is 232 cm³/mol. The van der Waals surface area contributed by atoms with Crippen LogP contribution in [-0.4, -0.2) is 79.6 Å². The van der Waals surface area contributed by atoms with E-state index in [1.807, 2.05) is 56.1 Å². The quantitative estimate of drug-likeness (QED) is 0.0688. The number of esters is 4. The number of likely N-dealkylation sites (N-methyl/N-ethyl adjacent to an activating group) is 1. The molecule has 17 nitrogen and oxygen atoms in total. The Bertz CT molecular complexity index is 2370. The Morgan fingerprint density at radius 1 is 0.667 bits per heavy atom. The van der Waals surface area contributed by atoms with Crippen molar-refractivity contribution in [1.82, 2.24) is 15.5 Å². The van der Waals surface area contributed by atoms with E-state index in [1.165, 1.54) is 50.6 Å². The SMILES string of the molecule is COC(=O)C1=C(C)NC(C)=C(C(=O)OCC(C)C)C1c1ccccc1[N+](=O)[O-].COC(=O)C1=C(C)NC(C)=C(C(=O)OCCN(C)Cc2ccccc2)C1c1cccc([N+](=O)[O-])c1. The third-order valence-corrected chi connectivity index (χ3v) is 10.2. The highest BCUT2D eigenvalue weighted by atomic mass is 16.6. The summed E-state index contributed by atoms with van der Waals surface area (Å²) in [6, 6.07) is 21.9. The molecule has 3 aromatic rings. The second kappa shape index (κ2) is 22.1. The summed E-state index contributed by atoms with van der Waals surface area (Å²) in [5, 5.41) is 29.0. The van der Waals surface area contributed by atoms with E-state index in [0.29, 0.717) is 41.4 Å². The van der Waals surface area contributed by atoms with Crippen LogP contribution < -0.4 is 10.6 Å². The number of para-hydroxylation sites is 1. The monoisotopic (exact) mass is 867 g/mol. The maximum absolute atomic E-state index is 13.3. The third-order valence-electron chi connectivity index (χ3n) is 10.2. The van der Waals surface area contributed by atoms with Crippen molar-refractivity contribution < 1.29 is 48.0 Å². The van der Waals surface area contributed by atoms with Crippen molar-refractivity contribution in [2.45, 2.75) is 59.9 Å². The van der Waals surface area contributed by atoms with E-state index >= 15 is 0 Å². The first-order chi connectivity index (χ1) is 29.9. The zero-order chi connectivity index (χ0) is 46.5. The zero-order valence-electron chi connectivity index (χ0n) is 36.8. The molecule has 0 bridgehead atoms. The molecule has 2 N–H and O–H groups in total. The number of nitro benzene ring substituents is 2. The first-order valence-corrected chi connectivity index (χ1v) is 20.0. The average molecular weight is 868 g/mol. The lowest BCUT2D eigenvalue weighted by molar-refractivity contribution is -0.385. The van der Waals surface area contributed by atoms with Gasteiger partial charge in [-0.15, -0.1) is 0 Å². The van der Waals surface area contributed by atoms with Gasteiger partial charge < -0.3 is 29.6 Å². The fourth-order valence-electron chi connectivity index (χ4n) is 7.32. The summed E-state index contributed by atoms with van der Waals surface area (Å²) < 4.78 is 20.8. The van der Waals surface area contributed by atoms with Crippen molar-refractivity contribution in [3.8, 4) is 0 Å². The number of carbonyl (C=O) groups is 4. The van der Waals surface area contributed by atoms with Crippen LogP contribution in [0.1, 0.15) is 70.1 Å². The minimum absolute atomic E-state index is 0.114. The minimum Gasteiger partial charge on any atom is -0.466 e. The Balaban J connectivity index is 0.000000284. The van der Waals surface area contributed by atoms with Crippen LogP contribution in [0.15, 0.2) is 124 Å². The molecule has 0 saturated carbocycles. The third kappa shape index (κ3) is 12.0. The normalized spacial score (nSPS) is 16.1. The van der Waals surface area contributed by atoms with Crippen molar-refractivity contribution in [3.05, 3.63) is 161 Å². The number of non-ortho nitro benzene ring substituents is 1. The van der Waals surface area contributed by atoms with Gasteiger partial charge in [0.05, 0.1) is 64.8 Å². The number of dihydropyridines is 2. The first-order valence-electron chi connectivity index (χ1n) is 20.0. The average Bonchev–Trinajstić information content (AvgIpc) is 3.25. The van der Waals surface area contributed by atoms with Crippen molar-refractivity contribution >= 4 is 35.3 Å². The van der Waals surface area contributed by atoms with E-state index in [1.54, 1.807) is 39.8 Å². The van der Waals surface area contributed by atoms with E-state index in [2.05, 4.69) is 10.6 Å². The molecule has 2 heterocycles. The van der Waals surface area contributed by atoms with Gasteiger partial charge in [-0.25, -0.2) is 19.2 Å². The number of benzene rings is 3. The fourth-order valence-corrected chi connectivity index (χ4v) is 7.32. The van der Waals surface area contributed by atoms with Crippen molar-refractivity contribution in [3.63, 3.8) is 0 Å². The van der Waals surface area contributed by atoms with Gasteiger partial charge in [0, 0.05) is 59.6 Å². The number of nitrogens with zero attached hydrogens (tertiary/aromatic N) is 3. The van der Waals surface area contributed by atoms with Gasteiger partial charge >= 0.3 is 23.9 Å². The topological polar surface area (TPSA) is 219 Å². The maximum Gasteiger partial charge on any atom is 0.336 e. The molecule has 0 aromatic heterocycles. The molecule has 2 aliphatic rings. The molecule has 0 aliphatic carbocycles. The lowest BCUT2D eigenvalue weighted by Crippen LogP contribution is -2.33. The van der Waals surface area contributed by atoms with Gasteiger partial charge in [0.15, 0.2) is 0 Å². The number of hydrogen-bond donors (Lipinski definition) is 2. The van der Waals surface area contributed by atoms with Crippen LogP contribution in [-0.2, 0) is 44.7 Å². The minimum atomic E-state index is -0.977. The molecule has 0 radical (unpaired) electrons. The number of allylic oxidation sites excluding steroid dienone is 4. The van der Waals surface area contributed by atoms with Crippen LogP contribution in [0, 0.1) is 26.1 Å². The summed E-state index contributed by atoms with van der Waals surface area (Å²) in [6.45, 7) is 12.1. The molecule has 63 heavy (non-hydrogen) atoms. The smallest absolute Gasteiger partial charge is 0.336 e. The lowest BCUT2D eigenvalue weighted by atomic mass is 9.79.